The molecule has 0 aromatic carbocycles. The van der Waals surface area contributed by atoms with Gasteiger partial charge in [0.15, 0.2) is 0 Å². The average Bonchev–Trinajstić information content (AvgIpc) is 2.25. The molecule has 0 bridgehead atoms. The topological polar surface area (TPSA) is 27.7 Å². The van der Waals surface area contributed by atoms with Crippen molar-refractivity contribution >= 4 is 8.80 Å². The Morgan fingerprint density at radius 2 is 1.59 bits per heavy atom. The summed E-state index contributed by atoms with van der Waals surface area (Å²) in [5, 5.41) is 0. The second kappa shape index (κ2) is 9.07. The van der Waals surface area contributed by atoms with E-state index in [1.807, 2.05) is 6.08 Å². The minimum absolute atomic E-state index is 0. The summed E-state index contributed by atoms with van der Waals surface area (Å²) in [5.41, 5.74) is 0. The van der Waals surface area contributed by atoms with E-state index < -0.39 is 8.80 Å². The van der Waals surface area contributed by atoms with Gasteiger partial charge in [-0.1, -0.05) is 6.58 Å². The van der Waals surface area contributed by atoms with Crippen molar-refractivity contribution in [2.24, 2.45) is 0 Å². The summed E-state index contributed by atoms with van der Waals surface area (Å²) in [4.78, 5) is 0. The zero-order chi connectivity index (χ0) is 12.7. The van der Waals surface area contributed by atoms with E-state index in [0.717, 1.165) is 30.0 Å². The van der Waals surface area contributed by atoms with Crippen LogP contribution in [0.25, 0.3) is 0 Å². The molecule has 0 aromatic rings. The van der Waals surface area contributed by atoms with Gasteiger partial charge in [0, 0.05) is 33.8 Å². The Morgan fingerprint density at radius 1 is 1.12 bits per heavy atom. The minimum atomic E-state index is -2.38. The Bertz CT molecular complexity index is 203. The molecule has 17 heavy (non-hydrogen) atoms. The summed E-state index contributed by atoms with van der Waals surface area (Å²) >= 11 is 0. The largest absolute Gasteiger partial charge is 1.00 e. The van der Waals surface area contributed by atoms with Crippen molar-refractivity contribution in [2.45, 2.75) is 12.5 Å². The predicted octanol–water partition coefficient (Wildman–Crippen LogP) is -1.48. The third kappa shape index (κ3) is 7.18. The molecule has 0 heterocycles. The molecule has 0 amide bonds. The molecular formula is C11H26ClNO3Si. The van der Waals surface area contributed by atoms with E-state index in [0.29, 0.717) is 0 Å². The number of quaternary nitrogens is 1. The van der Waals surface area contributed by atoms with E-state index in [1.165, 1.54) is 0 Å². The van der Waals surface area contributed by atoms with Gasteiger partial charge in [-0.2, -0.15) is 0 Å². The van der Waals surface area contributed by atoms with E-state index in [9.17, 15) is 0 Å². The van der Waals surface area contributed by atoms with Gasteiger partial charge < -0.3 is 30.2 Å². The van der Waals surface area contributed by atoms with Crippen LogP contribution in [0.2, 0.25) is 6.04 Å². The van der Waals surface area contributed by atoms with E-state index in [2.05, 4.69) is 20.7 Å². The normalized spacial score (nSPS) is 12.1. The first-order valence-electron chi connectivity index (χ1n) is 5.53. The van der Waals surface area contributed by atoms with Crippen LogP contribution < -0.4 is 12.4 Å². The first-order valence-corrected chi connectivity index (χ1v) is 7.47. The Balaban J connectivity index is 0. The van der Waals surface area contributed by atoms with E-state index in [-0.39, 0.29) is 12.4 Å². The summed E-state index contributed by atoms with van der Waals surface area (Å²) in [5.74, 6) is 0. The first kappa shape index (κ1) is 19.4. The SMILES string of the molecule is C=CC[N+](C)(C)CCC[Si](OC)(OC)OC.[Cl-]. The maximum absolute atomic E-state index is 5.38. The highest BCUT2D eigenvalue weighted by Crippen LogP contribution is 2.16. The monoisotopic (exact) mass is 283 g/mol. The number of halogens is 1. The highest BCUT2D eigenvalue weighted by atomic mass is 35.5. The smallest absolute Gasteiger partial charge is 0.500 e. The van der Waals surface area contributed by atoms with Crippen LogP contribution in [0.3, 0.4) is 0 Å². The standard InChI is InChI=1S/C11H26NO3Si.ClH/c1-7-9-12(2,3)10-8-11-16(13-4,14-5)15-6;/h7H,1,8-11H2,2-6H3;1H/q+1;/p-1. The molecule has 0 unspecified atom stereocenters. The molecule has 0 fully saturated rings. The zero-order valence-corrected chi connectivity index (χ0v) is 13.4. The van der Waals surface area contributed by atoms with Crippen LogP contribution in [0, 0.1) is 0 Å². The second-order valence-electron chi connectivity index (χ2n) is 4.53. The fraction of sp³-hybridized carbons (Fsp3) is 0.818. The van der Waals surface area contributed by atoms with Crippen LogP contribution in [-0.4, -0.2) is 61.8 Å². The van der Waals surface area contributed by atoms with Gasteiger partial charge in [-0.3, -0.25) is 0 Å². The lowest BCUT2D eigenvalue weighted by molar-refractivity contribution is -0.884. The van der Waals surface area contributed by atoms with Gasteiger partial charge in [0.2, 0.25) is 0 Å². The van der Waals surface area contributed by atoms with Crippen LogP contribution in [0.4, 0.5) is 0 Å². The highest BCUT2D eigenvalue weighted by molar-refractivity contribution is 6.60. The number of hydrogen-bond donors (Lipinski definition) is 0. The van der Waals surface area contributed by atoms with E-state index in [1.54, 1.807) is 21.3 Å². The summed E-state index contributed by atoms with van der Waals surface area (Å²) in [6.07, 6.45) is 2.98. The molecule has 0 aliphatic carbocycles. The molecule has 0 radical (unpaired) electrons. The van der Waals surface area contributed by atoms with Crippen molar-refractivity contribution in [3.05, 3.63) is 12.7 Å². The van der Waals surface area contributed by atoms with Crippen molar-refractivity contribution in [1.29, 1.82) is 0 Å². The fourth-order valence-corrected chi connectivity index (χ4v) is 3.42. The summed E-state index contributed by atoms with van der Waals surface area (Å²) in [6.45, 7) is 5.81. The van der Waals surface area contributed by atoms with Gasteiger partial charge >= 0.3 is 8.80 Å². The van der Waals surface area contributed by atoms with Gasteiger partial charge in [0.1, 0.15) is 0 Å². The maximum Gasteiger partial charge on any atom is 0.500 e. The maximum atomic E-state index is 5.38. The van der Waals surface area contributed by atoms with Crippen molar-refractivity contribution in [2.75, 3.05) is 48.5 Å². The van der Waals surface area contributed by atoms with Crippen LogP contribution in [-0.2, 0) is 13.3 Å². The van der Waals surface area contributed by atoms with E-state index >= 15 is 0 Å². The lowest BCUT2D eigenvalue weighted by atomic mass is 10.3. The van der Waals surface area contributed by atoms with Gasteiger partial charge in [-0.25, -0.2) is 0 Å². The van der Waals surface area contributed by atoms with Crippen molar-refractivity contribution in [1.82, 2.24) is 0 Å². The van der Waals surface area contributed by atoms with Gasteiger partial charge in [0.25, 0.3) is 0 Å². The number of likely N-dealkylation sites (N-methyl/N-ethyl adjacent to an activating group) is 1. The molecule has 104 valence electrons. The summed E-state index contributed by atoms with van der Waals surface area (Å²) in [6, 6.07) is 0.856. The lowest BCUT2D eigenvalue weighted by Gasteiger charge is -2.30. The van der Waals surface area contributed by atoms with Crippen molar-refractivity contribution in [3.8, 4) is 0 Å². The molecule has 0 saturated heterocycles. The third-order valence-corrected chi connectivity index (χ3v) is 5.63. The minimum Gasteiger partial charge on any atom is -1.00 e. The quantitative estimate of drug-likeness (QED) is 0.294. The molecule has 0 N–H and O–H groups in total. The molecular weight excluding hydrogens is 258 g/mol. The molecule has 0 atom stereocenters. The fourth-order valence-electron chi connectivity index (χ4n) is 1.72. The molecule has 0 aliphatic heterocycles. The second-order valence-corrected chi connectivity index (χ2v) is 7.62. The van der Waals surface area contributed by atoms with Gasteiger partial charge in [0.05, 0.1) is 27.2 Å². The predicted molar refractivity (Wildman–Crippen MR) is 68.2 cm³/mol. The number of nitrogens with zero attached hydrogens (tertiary/aromatic N) is 1. The molecule has 0 spiro atoms. The van der Waals surface area contributed by atoms with Crippen LogP contribution >= 0.6 is 0 Å². The Kier molecular flexibility index (Phi) is 10.4. The zero-order valence-electron chi connectivity index (χ0n) is 11.7. The molecule has 0 aromatic heterocycles. The average molecular weight is 284 g/mol. The van der Waals surface area contributed by atoms with Crippen molar-refractivity contribution in [3.63, 3.8) is 0 Å². The van der Waals surface area contributed by atoms with Gasteiger partial charge in [-0.05, 0) is 6.08 Å². The van der Waals surface area contributed by atoms with Crippen LogP contribution in [0.1, 0.15) is 6.42 Å². The number of rotatable bonds is 9. The first-order chi connectivity index (χ1) is 7.45. The van der Waals surface area contributed by atoms with Crippen LogP contribution in [0.15, 0.2) is 12.7 Å². The third-order valence-electron chi connectivity index (χ3n) is 2.80. The molecule has 0 saturated carbocycles. The molecule has 6 heteroatoms. The Labute approximate surface area is 113 Å². The Hall–Kier alpha value is 0.0869. The molecule has 0 rings (SSSR count). The lowest BCUT2D eigenvalue weighted by Crippen LogP contribution is -3.00. The Morgan fingerprint density at radius 3 is 1.94 bits per heavy atom. The van der Waals surface area contributed by atoms with Crippen molar-refractivity contribution < 1.29 is 30.2 Å². The highest BCUT2D eigenvalue weighted by Gasteiger charge is 2.37. The summed E-state index contributed by atoms with van der Waals surface area (Å²) in [7, 11) is 6.97. The van der Waals surface area contributed by atoms with E-state index in [4.69, 9.17) is 13.3 Å². The number of hydrogen-bond acceptors (Lipinski definition) is 3. The summed E-state index contributed by atoms with van der Waals surface area (Å²) < 4.78 is 17.1. The molecule has 0 aliphatic rings. The molecule has 4 nitrogen and oxygen atoms in total. The van der Waals surface area contributed by atoms with Gasteiger partial charge in [-0.15, -0.1) is 0 Å². The van der Waals surface area contributed by atoms with Crippen LogP contribution in [0.5, 0.6) is 0 Å².